The van der Waals surface area contributed by atoms with Gasteiger partial charge in [-0.1, -0.05) is 29.3 Å². The molecule has 0 saturated carbocycles. The molecule has 7 nitrogen and oxygen atoms in total. The number of amides is 2. The Balaban J connectivity index is 1.94. The zero-order chi connectivity index (χ0) is 20.5. The minimum Gasteiger partial charge on any atom is -0.484 e. The lowest BCUT2D eigenvalue weighted by atomic mass is 9.98. The molecule has 1 fully saturated rings. The lowest BCUT2D eigenvalue weighted by Gasteiger charge is -2.18. The second kappa shape index (κ2) is 10.9. The number of esters is 1. The fourth-order valence-electron chi connectivity index (χ4n) is 2.71. The minimum atomic E-state index is -0.511. The summed E-state index contributed by atoms with van der Waals surface area (Å²) in [5.41, 5.74) is 0. The molecule has 2 N–H and O–H groups in total. The van der Waals surface area contributed by atoms with Crippen LogP contribution in [0.25, 0.3) is 0 Å². The third-order valence-corrected chi connectivity index (χ3v) is 4.80. The van der Waals surface area contributed by atoms with E-state index in [-0.39, 0.29) is 25.0 Å². The molecule has 1 aromatic rings. The first-order valence-electron chi connectivity index (χ1n) is 8.89. The van der Waals surface area contributed by atoms with Crippen molar-refractivity contribution in [2.45, 2.75) is 25.8 Å². The van der Waals surface area contributed by atoms with Crippen LogP contribution >= 0.6 is 23.2 Å². The van der Waals surface area contributed by atoms with Gasteiger partial charge in [-0.3, -0.25) is 9.59 Å². The topological polar surface area (TPSA) is 93.7 Å². The molecule has 0 bridgehead atoms. The van der Waals surface area contributed by atoms with Gasteiger partial charge in [-0.2, -0.15) is 0 Å². The van der Waals surface area contributed by atoms with Gasteiger partial charge in [0.15, 0.2) is 6.61 Å². The highest BCUT2D eigenvalue weighted by molar-refractivity contribution is 6.42. The number of carbonyl (C=O) groups excluding carboxylic acids is 3. The number of carbonyl (C=O) groups is 3. The standard InChI is InChI=1S/C19H22Cl2N2O5/c1-2-27-18(25)6-3-13(9-12-7-8-22-19(12)26)23-17(24)11-28-14-4-5-15(20)16(21)10-14/h3-6,10,12-13H,2,7-9,11H2,1H3,(H,22,26)(H,23,24)/b6-3+. The van der Waals surface area contributed by atoms with Gasteiger partial charge in [0.25, 0.3) is 5.91 Å². The molecule has 0 aliphatic carbocycles. The van der Waals surface area contributed by atoms with E-state index in [9.17, 15) is 14.4 Å². The van der Waals surface area contributed by atoms with Gasteiger partial charge in [-0.15, -0.1) is 0 Å². The summed E-state index contributed by atoms with van der Waals surface area (Å²) in [6.07, 6.45) is 3.83. The van der Waals surface area contributed by atoms with Gasteiger partial charge in [0.2, 0.25) is 5.91 Å². The van der Waals surface area contributed by atoms with Crippen molar-refractivity contribution in [2.75, 3.05) is 19.8 Å². The van der Waals surface area contributed by atoms with Crippen molar-refractivity contribution in [3.63, 3.8) is 0 Å². The average Bonchev–Trinajstić information content (AvgIpc) is 3.05. The van der Waals surface area contributed by atoms with Gasteiger partial charge >= 0.3 is 5.97 Å². The van der Waals surface area contributed by atoms with Crippen LogP contribution in [-0.2, 0) is 19.1 Å². The molecule has 1 saturated heterocycles. The van der Waals surface area contributed by atoms with E-state index in [4.69, 9.17) is 32.7 Å². The molecule has 2 unspecified atom stereocenters. The summed E-state index contributed by atoms with van der Waals surface area (Å²) >= 11 is 11.8. The SMILES string of the molecule is CCOC(=O)/C=C/C(CC1CCNC1=O)NC(=O)COc1ccc(Cl)c(Cl)c1. The van der Waals surface area contributed by atoms with Crippen LogP contribution in [0.1, 0.15) is 19.8 Å². The number of rotatable bonds is 9. The van der Waals surface area contributed by atoms with Crippen LogP contribution < -0.4 is 15.4 Å². The minimum absolute atomic E-state index is 0.0594. The molecule has 2 rings (SSSR count). The third-order valence-electron chi connectivity index (χ3n) is 4.06. The summed E-state index contributed by atoms with van der Waals surface area (Å²) in [7, 11) is 0. The van der Waals surface area contributed by atoms with Crippen LogP contribution in [-0.4, -0.2) is 43.6 Å². The predicted octanol–water partition coefficient (Wildman–Crippen LogP) is 2.50. The van der Waals surface area contributed by atoms with Crippen molar-refractivity contribution in [1.29, 1.82) is 0 Å². The van der Waals surface area contributed by atoms with Crippen LogP contribution in [0, 0.1) is 5.92 Å². The van der Waals surface area contributed by atoms with E-state index in [2.05, 4.69) is 10.6 Å². The summed E-state index contributed by atoms with van der Waals surface area (Å²) in [6, 6.07) is 4.17. The number of benzene rings is 1. The molecule has 9 heteroatoms. The van der Waals surface area contributed by atoms with Gasteiger partial charge in [-0.05, 0) is 31.9 Å². The Morgan fingerprint density at radius 2 is 2.14 bits per heavy atom. The highest BCUT2D eigenvalue weighted by Gasteiger charge is 2.27. The quantitative estimate of drug-likeness (QED) is 0.465. The predicted molar refractivity (Wildman–Crippen MR) is 105 cm³/mol. The van der Waals surface area contributed by atoms with Gasteiger partial charge in [0, 0.05) is 30.6 Å². The highest BCUT2D eigenvalue weighted by Crippen LogP contribution is 2.26. The lowest BCUT2D eigenvalue weighted by molar-refractivity contribution is -0.137. The first-order chi connectivity index (χ1) is 13.4. The maximum Gasteiger partial charge on any atom is 0.330 e. The largest absolute Gasteiger partial charge is 0.484 e. The van der Waals surface area contributed by atoms with E-state index in [1.165, 1.54) is 18.2 Å². The van der Waals surface area contributed by atoms with E-state index in [0.717, 1.165) is 0 Å². The zero-order valence-corrected chi connectivity index (χ0v) is 16.9. The molecule has 1 aliphatic heterocycles. The Morgan fingerprint density at radius 3 is 2.79 bits per heavy atom. The summed E-state index contributed by atoms with van der Waals surface area (Å²) < 4.78 is 10.3. The Morgan fingerprint density at radius 1 is 1.36 bits per heavy atom. The molecule has 2 amide bonds. The van der Waals surface area contributed by atoms with Gasteiger partial charge in [-0.25, -0.2) is 4.79 Å². The highest BCUT2D eigenvalue weighted by atomic mass is 35.5. The molecular formula is C19H22Cl2N2O5. The van der Waals surface area contributed by atoms with E-state index in [1.54, 1.807) is 19.1 Å². The second-order valence-corrected chi connectivity index (χ2v) is 6.98. The first kappa shape index (κ1) is 22.0. The van der Waals surface area contributed by atoms with Crippen LogP contribution in [0.15, 0.2) is 30.4 Å². The fraction of sp³-hybridized carbons (Fsp3) is 0.421. The molecule has 1 aromatic carbocycles. The van der Waals surface area contributed by atoms with Crippen molar-refractivity contribution < 1.29 is 23.9 Å². The summed E-state index contributed by atoms with van der Waals surface area (Å²) in [6.45, 7) is 2.31. The van der Waals surface area contributed by atoms with E-state index in [0.29, 0.717) is 35.2 Å². The van der Waals surface area contributed by atoms with Crippen LogP contribution in [0.5, 0.6) is 5.75 Å². The average molecular weight is 429 g/mol. The number of hydrogen-bond donors (Lipinski definition) is 2. The van der Waals surface area contributed by atoms with E-state index >= 15 is 0 Å². The first-order valence-corrected chi connectivity index (χ1v) is 9.64. The Kier molecular flexibility index (Phi) is 8.60. The maximum absolute atomic E-state index is 12.3. The van der Waals surface area contributed by atoms with Crippen molar-refractivity contribution >= 4 is 41.0 Å². The fourth-order valence-corrected chi connectivity index (χ4v) is 3.00. The second-order valence-electron chi connectivity index (χ2n) is 6.16. The monoisotopic (exact) mass is 428 g/mol. The molecule has 0 radical (unpaired) electrons. The number of nitrogens with one attached hydrogen (secondary N) is 2. The molecule has 2 atom stereocenters. The van der Waals surface area contributed by atoms with Gasteiger partial charge in [0.05, 0.1) is 16.7 Å². The van der Waals surface area contributed by atoms with Crippen molar-refractivity contribution in [3.05, 3.63) is 40.4 Å². The van der Waals surface area contributed by atoms with E-state index in [1.807, 2.05) is 0 Å². The van der Waals surface area contributed by atoms with Crippen LogP contribution in [0.3, 0.4) is 0 Å². The van der Waals surface area contributed by atoms with Crippen molar-refractivity contribution in [1.82, 2.24) is 10.6 Å². The summed E-state index contributed by atoms with van der Waals surface area (Å²) in [4.78, 5) is 35.6. The number of halogens is 2. The van der Waals surface area contributed by atoms with Gasteiger partial charge in [0.1, 0.15) is 5.75 Å². The van der Waals surface area contributed by atoms with Crippen LogP contribution in [0.4, 0.5) is 0 Å². The number of hydrogen-bond acceptors (Lipinski definition) is 5. The molecule has 152 valence electrons. The maximum atomic E-state index is 12.3. The molecule has 0 spiro atoms. The molecule has 0 aromatic heterocycles. The smallest absolute Gasteiger partial charge is 0.330 e. The Bertz CT molecular complexity index is 754. The summed E-state index contributed by atoms with van der Waals surface area (Å²) in [5, 5.41) is 6.22. The summed E-state index contributed by atoms with van der Waals surface area (Å²) in [5.74, 6) is -0.796. The lowest BCUT2D eigenvalue weighted by Crippen LogP contribution is -2.39. The Hall–Kier alpha value is -2.25. The van der Waals surface area contributed by atoms with Crippen molar-refractivity contribution in [3.8, 4) is 5.75 Å². The van der Waals surface area contributed by atoms with Crippen LogP contribution in [0.2, 0.25) is 10.0 Å². The molecule has 1 heterocycles. The molecule has 1 aliphatic rings. The Labute approximate surface area is 173 Å². The van der Waals surface area contributed by atoms with E-state index < -0.39 is 17.9 Å². The third kappa shape index (κ3) is 7.05. The normalized spacial score (nSPS) is 17.2. The molecular weight excluding hydrogens is 407 g/mol. The van der Waals surface area contributed by atoms with Crippen molar-refractivity contribution in [2.24, 2.45) is 5.92 Å². The zero-order valence-electron chi connectivity index (χ0n) is 15.4. The molecule has 28 heavy (non-hydrogen) atoms. The number of ether oxygens (including phenoxy) is 2. The van der Waals surface area contributed by atoms with Gasteiger partial charge < -0.3 is 20.1 Å².